The van der Waals surface area contributed by atoms with Gasteiger partial charge in [0.25, 0.3) is 0 Å². The molecule has 0 spiro atoms. The molecule has 2 rings (SSSR count). The van der Waals surface area contributed by atoms with E-state index in [0.29, 0.717) is 0 Å². The molecule has 0 radical (unpaired) electrons. The predicted molar refractivity (Wildman–Crippen MR) is 72.0 cm³/mol. The molecule has 4 heteroatoms. The van der Waals surface area contributed by atoms with Crippen LogP contribution in [0.3, 0.4) is 0 Å². The topological polar surface area (TPSA) is 21.3 Å². The van der Waals surface area contributed by atoms with Crippen LogP contribution in [-0.2, 0) is 4.74 Å². The lowest BCUT2D eigenvalue weighted by molar-refractivity contribution is -0.0358. The summed E-state index contributed by atoms with van der Waals surface area (Å²) in [5.74, 6) is 0. The molecule has 1 atom stereocenters. The van der Waals surface area contributed by atoms with E-state index in [4.69, 9.17) is 4.74 Å². The first kappa shape index (κ1) is 12.6. The Hall–Kier alpha value is 0.1000. The average Bonchev–Trinajstić information content (AvgIpc) is 2.76. The summed E-state index contributed by atoms with van der Waals surface area (Å²) in [5, 5.41) is 5.77. The van der Waals surface area contributed by atoms with E-state index < -0.39 is 0 Å². The van der Waals surface area contributed by atoms with E-state index >= 15 is 0 Å². The average molecular weight is 304 g/mol. The van der Waals surface area contributed by atoms with Crippen molar-refractivity contribution in [2.24, 2.45) is 0 Å². The van der Waals surface area contributed by atoms with E-state index in [9.17, 15) is 0 Å². The second-order valence-electron chi connectivity index (χ2n) is 4.34. The molecule has 90 valence electrons. The van der Waals surface area contributed by atoms with Crippen LogP contribution in [-0.4, -0.2) is 18.7 Å². The van der Waals surface area contributed by atoms with Crippen molar-refractivity contribution in [3.63, 3.8) is 0 Å². The van der Waals surface area contributed by atoms with Gasteiger partial charge in [0.1, 0.15) is 6.10 Å². The third-order valence-corrected chi connectivity index (χ3v) is 5.27. The zero-order chi connectivity index (χ0) is 11.6. The van der Waals surface area contributed by atoms with Gasteiger partial charge in [-0.05, 0) is 34.8 Å². The van der Waals surface area contributed by atoms with Crippen LogP contribution in [0.1, 0.15) is 37.7 Å². The van der Waals surface area contributed by atoms with E-state index in [1.807, 2.05) is 0 Å². The summed E-state index contributed by atoms with van der Waals surface area (Å²) in [7, 11) is 0. The maximum absolute atomic E-state index is 6.00. The minimum Gasteiger partial charge on any atom is -0.369 e. The van der Waals surface area contributed by atoms with Gasteiger partial charge in [0, 0.05) is 26.8 Å². The van der Waals surface area contributed by atoms with E-state index in [0.717, 1.165) is 30.5 Å². The zero-order valence-electron chi connectivity index (χ0n) is 9.75. The van der Waals surface area contributed by atoms with Crippen LogP contribution in [0.15, 0.2) is 15.9 Å². The molecule has 0 amide bonds. The second-order valence-corrected chi connectivity index (χ2v) is 6.19. The monoisotopic (exact) mass is 303 g/mol. The van der Waals surface area contributed by atoms with Crippen LogP contribution in [0, 0.1) is 0 Å². The van der Waals surface area contributed by atoms with E-state index in [1.165, 1.54) is 4.88 Å². The number of hydrogen-bond acceptors (Lipinski definition) is 3. The summed E-state index contributed by atoms with van der Waals surface area (Å²) < 4.78 is 7.15. The van der Waals surface area contributed by atoms with Crippen LogP contribution in [0.4, 0.5) is 0 Å². The fraction of sp³-hybridized carbons (Fsp3) is 0.667. The highest BCUT2D eigenvalue weighted by molar-refractivity contribution is 9.10. The minimum absolute atomic E-state index is 0.199. The lowest BCUT2D eigenvalue weighted by Gasteiger charge is -2.40. The normalized spacial score (nSPS) is 24.6. The summed E-state index contributed by atoms with van der Waals surface area (Å²) in [6.07, 6.45) is 2.48. The number of nitrogens with one attached hydrogen (secondary N) is 1. The Labute approximate surface area is 110 Å². The third kappa shape index (κ3) is 2.50. The Morgan fingerprint density at radius 2 is 2.31 bits per heavy atom. The standard InChI is InChI=1S/C12H18BrNOS/c1-3-12(4-2)8-15-10(6-14-12)11-5-9(13)7-16-11/h5,7,10,14H,3-4,6,8H2,1-2H3. The first-order valence-electron chi connectivity index (χ1n) is 5.79. The number of rotatable bonds is 3. The summed E-state index contributed by atoms with van der Waals surface area (Å²) >= 11 is 5.24. The molecule has 1 aliphatic rings. The van der Waals surface area contributed by atoms with Crippen LogP contribution in [0.2, 0.25) is 0 Å². The lowest BCUT2D eigenvalue weighted by atomic mass is 9.92. The minimum atomic E-state index is 0.199. The van der Waals surface area contributed by atoms with Crippen LogP contribution in [0.25, 0.3) is 0 Å². The SMILES string of the molecule is CCC1(CC)COC(c2cc(Br)cs2)CN1. The Morgan fingerprint density at radius 1 is 1.56 bits per heavy atom. The summed E-state index contributed by atoms with van der Waals surface area (Å²) in [6, 6.07) is 2.15. The Kier molecular flexibility index (Phi) is 4.06. The molecule has 1 unspecified atom stereocenters. The molecular weight excluding hydrogens is 286 g/mol. The predicted octanol–water partition coefficient (Wildman–Crippen LogP) is 3.73. The van der Waals surface area contributed by atoms with Gasteiger partial charge in [0.05, 0.1) is 6.61 Å². The number of morpholine rings is 1. The molecule has 0 bridgehead atoms. The summed E-state index contributed by atoms with van der Waals surface area (Å²) in [6.45, 7) is 6.19. The highest BCUT2D eigenvalue weighted by Crippen LogP contribution is 2.32. The van der Waals surface area contributed by atoms with Gasteiger partial charge in [0.15, 0.2) is 0 Å². The Morgan fingerprint density at radius 3 is 2.75 bits per heavy atom. The molecule has 16 heavy (non-hydrogen) atoms. The van der Waals surface area contributed by atoms with Crippen LogP contribution >= 0.6 is 27.3 Å². The molecule has 1 fully saturated rings. The number of thiophene rings is 1. The number of ether oxygens (including phenoxy) is 1. The maximum Gasteiger partial charge on any atom is 0.104 e. The molecule has 1 saturated heterocycles. The van der Waals surface area contributed by atoms with Gasteiger partial charge in [-0.3, -0.25) is 0 Å². The highest BCUT2D eigenvalue weighted by atomic mass is 79.9. The highest BCUT2D eigenvalue weighted by Gasteiger charge is 2.33. The zero-order valence-corrected chi connectivity index (χ0v) is 12.2. The van der Waals surface area contributed by atoms with Crippen molar-refractivity contribution in [3.8, 4) is 0 Å². The van der Waals surface area contributed by atoms with Crippen molar-refractivity contribution >= 4 is 27.3 Å². The summed E-state index contributed by atoms with van der Waals surface area (Å²) in [5.41, 5.74) is 0.199. The lowest BCUT2D eigenvalue weighted by Crippen LogP contribution is -2.54. The molecule has 1 aromatic heterocycles. The largest absolute Gasteiger partial charge is 0.369 e. The molecule has 2 heterocycles. The molecule has 2 nitrogen and oxygen atoms in total. The van der Waals surface area contributed by atoms with Gasteiger partial charge >= 0.3 is 0 Å². The fourth-order valence-corrected chi connectivity index (χ4v) is 3.56. The van der Waals surface area contributed by atoms with Gasteiger partial charge in [0.2, 0.25) is 0 Å². The van der Waals surface area contributed by atoms with Gasteiger partial charge in [-0.2, -0.15) is 0 Å². The Balaban J connectivity index is 1.99. The molecule has 0 saturated carbocycles. The van der Waals surface area contributed by atoms with Crippen molar-refractivity contribution in [1.82, 2.24) is 5.32 Å². The first-order valence-corrected chi connectivity index (χ1v) is 7.47. The molecule has 1 aliphatic heterocycles. The summed E-state index contributed by atoms with van der Waals surface area (Å²) in [4.78, 5) is 1.31. The van der Waals surface area contributed by atoms with Crippen LogP contribution in [0.5, 0.6) is 0 Å². The smallest absolute Gasteiger partial charge is 0.104 e. The van der Waals surface area contributed by atoms with Crippen LogP contribution < -0.4 is 5.32 Å². The molecule has 0 aromatic carbocycles. The number of hydrogen-bond donors (Lipinski definition) is 1. The second kappa shape index (κ2) is 5.17. The van der Waals surface area contributed by atoms with Gasteiger partial charge in [-0.1, -0.05) is 13.8 Å². The van der Waals surface area contributed by atoms with E-state index in [1.54, 1.807) is 11.3 Å². The van der Waals surface area contributed by atoms with Crippen molar-refractivity contribution in [3.05, 3.63) is 20.8 Å². The molecule has 1 aromatic rings. The maximum atomic E-state index is 6.00. The third-order valence-electron chi connectivity index (χ3n) is 3.48. The fourth-order valence-electron chi connectivity index (χ4n) is 2.06. The Bertz CT molecular complexity index is 339. The molecule has 0 aliphatic carbocycles. The van der Waals surface area contributed by atoms with Crippen molar-refractivity contribution in [1.29, 1.82) is 0 Å². The van der Waals surface area contributed by atoms with Crippen molar-refractivity contribution < 1.29 is 4.74 Å². The van der Waals surface area contributed by atoms with E-state index in [-0.39, 0.29) is 11.6 Å². The quantitative estimate of drug-likeness (QED) is 0.918. The van der Waals surface area contributed by atoms with Gasteiger partial charge in [-0.15, -0.1) is 11.3 Å². The first-order chi connectivity index (χ1) is 7.69. The van der Waals surface area contributed by atoms with Crippen molar-refractivity contribution in [2.75, 3.05) is 13.2 Å². The molecular formula is C12H18BrNOS. The van der Waals surface area contributed by atoms with E-state index in [2.05, 4.69) is 46.5 Å². The molecule has 1 N–H and O–H groups in total. The number of halogens is 1. The van der Waals surface area contributed by atoms with Crippen molar-refractivity contribution in [2.45, 2.75) is 38.3 Å². The van der Waals surface area contributed by atoms with Gasteiger partial charge < -0.3 is 10.1 Å². The van der Waals surface area contributed by atoms with Gasteiger partial charge in [-0.25, -0.2) is 0 Å².